The first kappa shape index (κ1) is 16.8. The van der Waals surface area contributed by atoms with Crippen LogP contribution in [-0.4, -0.2) is 48.7 Å². The van der Waals surface area contributed by atoms with E-state index >= 15 is 0 Å². The first-order valence-corrected chi connectivity index (χ1v) is 8.78. The highest BCUT2D eigenvalue weighted by molar-refractivity contribution is 5.76. The molecule has 0 radical (unpaired) electrons. The summed E-state index contributed by atoms with van der Waals surface area (Å²) in [6.07, 6.45) is 8.12. The second-order valence-corrected chi connectivity index (χ2v) is 6.88. The summed E-state index contributed by atoms with van der Waals surface area (Å²) in [5.74, 6) is 0.762. The second-order valence-electron chi connectivity index (χ2n) is 6.88. The van der Waals surface area contributed by atoms with E-state index in [9.17, 15) is 4.79 Å². The molecule has 1 aliphatic carbocycles. The summed E-state index contributed by atoms with van der Waals surface area (Å²) in [6.45, 7) is 8.45. The molecule has 4 heteroatoms. The van der Waals surface area contributed by atoms with Gasteiger partial charge in [0.25, 0.3) is 0 Å². The maximum atomic E-state index is 12.2. The maximum absolute atomic E-state index is 12.2. The van der Waals surface area contributed by atoms with E-state index in [0.29, 0.717) is 18.7 Å². The molecule has 1 saturated carbocycles. The Morgan fingerprint density at radius 1 is 1.24 bits per heavy atom. The molecule has 0 bridgehead atoms. The first-order valence-electron chi connectivity index (χ1n) is 8.78. The van der Waals surface area contributed by atoms with Crippen molar-refractivity contribution in [3.63, 3.8) is 0 Å². The van der Waals surface area contributed by atoms with E-state index < -0.39 is 0 Å². The van der Waals surface area contributed by atoms with Gasteiger partial charge in [-0.05, 0) is 45.1 Å². The fourth-order valence-corrected chi connectivity index (χ4v) is 4.03. The van der Waals surface area contributed by atoms with Crippen molar-refractivity contribution in [2.24, 2.45) is 5.92 Å². The smallest absolute Gasteiger partial charge is 0.324 e. The van der Waals surface area contributed by atoms with Crippen molar-refractivity contribution < 1.29 is 9.53 Å². The van der Waals surface area contributed by atoms with Crippen LogP contribution in [0.1, 0.15) is 59.3 Å². The summed E-state index contributed by atoms with van der Waals surface area (Å²) in [5, 5.41) is 3.39. The van der Waals surface area contributed by atoms with E-state index in [2.05, 4.69) is 24.1 Å². The number of hydrogen-bond acceptors (Lipinski definition) is 4. The van der Waals surface area contributed by atoms with Crippen molar-refractivity contribution in [2.75, 3.05) is 19.7 Å². The zero-order valence-electron chi connectivity index (χ0n) is 13.9. The van der Waals surface area contributed by atoms with Crippen LogP contribution in [0.25, 0.3) is 0 Å². The van der Waals surface area contributed by atoms with E-state index in [1.165, 1.54) is 38.5 Å². The molecular weight excluding hydrogens is 264 g/mol. The Morgan fingerprint density at radius 2 is 1.95 bits per heavy atom. The average Bonchev–Trinajstić information content (AvgIpc) is 3.07. The van der Waals surface area contributed by atoms with Gasteiger partial charge in [0.2, 0.25) is 0 Å². The minimum absolute atomic E-state index is 0.0942. The van der Waals surface area contributed by atoms with Crippen molar-refractivity contribution in [3.05, 3.63) is 0 Å². The molecule has 1 aliphatic heterocycles. The molecule has 0 amide bonds. The summed E-state index contributed by atoms with van der Waals surface area (Å²) in [6, 6.07) is 0.803. The van der Waals surface area contributed by atoms with Crippen LogP contribution in [0.5, 0.6) is 0 Å². The Balaban J connectivity index is 1.95. The summed E-state index contributed by atoms with van der Waals surface area (Å²) < 4.78 is 5.25. The highest BCUT2D eigenvalue weighted by Gasteiger charge is 2.35. The quantitative estimate of drug-likeness (QED) is 0.733. The predicted molar refractivity (Wildman–Crippen MR) is 85.2 cm³/mol. The van der Waals surface area contributed by atoms with Crippen LogP contribution in [0, 0.1) is 5.92 Å². The molecular formula is C17H32N2O2. The molecule has 2 aliphatic rings. The number of ether oxygens (including phenoxy) is 1. The van der Waals surface area contributed by atoms with E-state index in [0.717, 1.165) is 19.0 Å². The van der Waals surface area contributed by atoms with Gasteiger partial charge in [0, 0.05) is 18.6 Å². The van der Waals surface area contributed by atoms with Crippen molar-refractivity contribution >= 4 is 5.97 Å². The maximum Gasteiger partial charge on any atom is 0.324 e. The zero-order valence-corrected chi connectivity index (χ0v) is 13.9. The van der Waals surface area contributed by atoms with Crippen molar-refractivity contribution in [1.29, 1.82) is 0 Å². The Morgan fingerprint density at radius 3 is 2.57 bits per heavy atom. The third kappa shape index (κ3) is 4.68. The van der Waals surface area contributed by atoms with Crippen molar-refractivity contribution in [3.8, 4) is 0 Å². The van der Waals surface area contributed by atoms with Gasteiger partial charge in [-0.2, -0.15) is 0 Å². The minimum atomic E-state index is -0.188. The number of nitrogens with one attached hydrogen (secondary N) is 1. The van der Waals surface area contributed by atoms with Gasteiger partial charge in [-0.25, -0.2) is 0 Å². The van der Waals surface area contributed by atoms with Crippen LogP contribution in [0.4, 0.5) is 0 Å². The number of likely N-dealkylation sites (tertiary alicyclic amines) is 1. The lowest BCUT2D eigenvalue weighted by molar-refractivity contribution is -0.146. The lowest BCUT2D eigenvalue weighted by Crippen LogP contribution is -2.51. The molecule has 2 unspecified atom stereocenters. The van der Waals surface area contributed by atoms with Crippen LogP contribution in [-0.2, 0) is 9.53 Å². The van der Waals surface area contributed by atoms with Gasteiger partial charge in [0.05, 0.1) is 6.61 Å². The number of esters is 1. The van der Waals surface area contributed by atoms with Gasteiger partial charge < -0.3 is 10.1 Å². The molecule has 0 spiro atoms. The predicted octanol–water partition coefficient (Wildman–Crippen LogP) is 2.57. The molecule has 2 rings (SSSR count). The standard InChI is InChI=1S/C17H32N2O2/c1-4-21-17(20)15(18-13(2)3)12-19-11-7-10-16(19)14-8-5-6-9-14/h13-16,18H,4-12H2,1-3H3. The number of carbonyl (C=O) groups is 1. The van der Waals surface area contributed by atoms with Gasteiger partial charge in [-0.15, -0.1) is 0 Å². The molecule has 2 atom stereocenters. The highest BCUT2D eigenvalue weighted by Crippen LogP contribution is 2.35. The second kappa shape index (κ2) is 8.14. The summed E-state index contributed by atoms with van der Waals surface area (Å²) in [5.41, 5.74) is 0. The van der Waals surface area contributed by atoms with Crippen LogP contribution in [0.3, 0.4) is 0 Å². The summed E-state index contributed by atoms with van der Waals surface area (Å²) >= 11 is 0. The van der Waals surface area contributed by atoms with Gasteiger partial charge in [-0.1, -0.05) is 26.7 Å². The molecule has 1 N–H and O–H groups in total. The SMILES string of the molecule is CCOC(=O)C(CN1CCCC1C1CCCC1)NC(C)C. The lowest BCUT2D eigenvalue weighted by atomic mass is 9.96. The fraction of sp³-hybridized carbons (Fsp3) is 0.941. The average molecular weight is 296 g/mol. The molecule has 0 aromatic heterocycles. The first-order chi connectivity index (χ1) is 10.1. The molecule has 4 nitrogen and oxygen atoms in total. The number of carbonyl (C=O) groups excluding carboxylic acids is 1. The fourth-order valence-electron chi connectivity index (χ4n) is 4.03. The van der Waals surface area contributed by atoms with Gasteiger partial charge >= 0.3 is 5.97 Å². The van der Waals surface area contributed by atoms with E-state index in [1.807, 2.05) is 6.92 Å². The number of nitrogens with zero attached hydrogens (tertiary/aromatic N) is 1. The molecule has 21 heavy (non-hydrogen) atoms. The highest BCUT2D eigenvalue weighted by atomic mass is 16.5. The van der Waals surface area contributed by atoms with Crippen molar-refractivity contribution in [2.45, 2.75) is 77.4 Å². The molecule has 0 aromatic rings. The zero-order chi connectivity index (χ0) is 15.2. The lowest BCUT2D eigenvalue weighted by Gasteiger charge is -2.32. The van der Waals surface area contributed by atoms with Crippen LogP contribution >= 0.6 is 0 Å². The summed E-state index contributed by atoms with van der Waals surface area (Å²) in [4.78, 5) is 14.7. The Kier molecular flexibility index (Phi) is 6.49. The molecule has 1 heterocycles. The largest absolute Gasteiger partial charge is 0.465 e. The van der Waals surface area contributed by atoms with E-state index in [4.69, 9.17) is 4.74 Å². The monoisotopic (exact) mass is 296 g/mol. The Bertz CT molecular complexity index is 327. The Labute approximate surface area is 129 Å². The number of hydrogen-bond donors (Lipinski definition) is 1. The normalized spacial score (nSPS) is 25.6. The van der Waals surface area contributed by atoms with Crippen LogP contribution in [0.15, 0.2) is 0 Å². The molecule has 1 saturated heterocycles. The third-order valence-corrected chi connectivity index (χ3v) is 4.88. The minimum Gasteiger partial charge on any atom is -0.465 e. The third-order valence-electron chi connectivity index (χ3n) is 4.88. The molecule has 0 aromatic carbocycles. The molecule has 2 fully saturated rings. The van der Waals surface area contributed by atoms with Gasteiger partial charge in [0.15, 0.2) is 0 Å². The van der Waals surface area contributed by atoms with E-state index in [1.54, 1.807) is 0 Å². The Hall–Kier alpha value is -0.610. The van der Waals surface area contributed by atoms with Crippen LogP contribution in [0.2, 0.25) is 0 Å². The van der Waals surface area contributed by atoms with Gasteiger partial charge in [-0.3, -0.25) is 9.69 Å². The van der Waals surface area contributed by atoms with Gasteiger partial charge in [0.1, 0.15) is 6.04 Å². The van der Waals surface area contributed by atoms with Crippen molar-refractivity contribution in [1.82, 2.24) is 10.2 Å². The summed E-state index contributed by atoms with van der Waals surface area (Å²) in [7, 11) is 0. The van der Waals surface area contributed by atoms with E-state index in [-0.39, 0.29) is 12.0 Å². The topological polar surface area (TPSA) is 41.6 Å². The number of rotatable bonds is 7. The van der Waals surface area contributed by atoms with Crippen LogP contribution < -0.4 is 5.32 Å². The molecule has 122 valence electrons.